The van der Waals surface area contributed by atoms with Gasteiger partial charge in [-0.3, -0.25) is 23.4 Å². The molecule has 0 heterocycles. The highest BCUT2D eigenvalue weighted by Crippen LogP contribution is 2.43. The number of phosphoric acid groups is 1. The number of esters is 3. The molecule has 0 spiro atoms. The van der Waals surface area contributed by atoms with Gasteiger partial charge >= 0.3 is 25.7 Å². The fourth-order valence-electron chi connectivity index (χ4n) is 8.40. The van der Waals surface area contributed by atoms with Crippen molar-refractivity contribution in [3.8, 4) is 0 Å². The zero-order chi connectivity index (χ0) is 52.7. The van der Waals surface area contributed by atoms with E-state index < -0.39 is 57.8 Å². The summed E-state index contributed by atoms with van der Waals surface area (Å²) >= 11 is 0. The highest BCUT2D eigenvalue weighted by Gasteiger charge is 2.28. The Bertz CT molecular complexity index is 1350. The number of carbonyl (C=O) groups excluding carboxylic acids is 3. The van der Waals surface area contributed by atoms with Gasteiger partial charge in [0.2, 0.25) is 0 Å². The predicted molar refractivity (Wildman–Crippen MR) is 298 cm³/mol. The second-order valence-electron chi connectivity index (χ2n) is 20.2. The Labute approximate surface area is 441 Å². The number of phosphoric ester groups is 1. The molecule has 0 aliphatic carbocycles. The van der Waals surface area contributed by atoms with E-state index in [2.05, 4.69) is 57.2 Å². The van der Waals surface area contributed by atoms with E-state index in [0.29, 0.717) is 19.3 Å². The van der Waals surface area contributed by atoms with Crippen LogP contribution in [0.2, 0.25) is 0 Å². The monoisotopic (exact) mass is 1040 g/mol. The molecule has 72 heavy (non-hydrogen) atoms. The van der Waals surface area contributed by atoms with Crippen LogP contribution in [0.3, 0.4) is 0 Å². The van der Waals surface area contributed by atoms with Gasteiger partial charge in [-0.1, -0.05) is 211 Å². The smallest absolute Gasteiger partial charge is 0.462 e. The van der Waals surface area contributed by atoms with Crippen molar-refractivity contribution in [1.29, 1.82) is 0 Å². The molecule has 0 rings (SSSR count). The summed E-state index contributed by atoms with van der Waals surface area (Å²) in [4.78, 5) is 48.5. The second kappa shape index (κ2) is 54.9. The first-order valence-electron chi connectivity index (χ1n) is 29.9. The fourth-order valence-corrected chi connectivity index (χ4v) is 9.18. The number of hydrogen-bond acceptors (Lipinski definition) is 10. The van der Waals surface area contributed by atoms with E-state index in [1.807, 2.05) is 0 Å². The molecule has 0 radical (unpaired) electrons. The molecule has 3 unspecified atom stereocenters. The molecule has 12 heteroatoms. The molecule has 0 aromatic carbocycles. The van der Waals surface area contributed by atoms with Crippen LogP contribution in [0.25, 0.3) is 0 Å². The van der Waals surface area contributed by atoms with E-state index in [9.17, 15) is 28.9 Å². The number of allylic oxidation sites excluding steroid dienone is 6. The quantitative estimate of drug-likeness (QED) is 0.0197. The van der Waals surface area contributed by atoms with Crippen molar-refractivity contribution in [2.24, 2.45) is 0 Å². The Morgan fingerprint density at radius 3 is 0.972 bits per heavy atom. The topological polar surface area (TPSA) is 155 Å². The van der Waals surface area contributed by atoms with Crippen molar-refractivity contribution in [2.45, 2.75) is 303 Å². The Morgan fingerprint density at radius 2 is 0.639 bits per heavy atom. The van der Waals surface area contributed by atoms with Crippen molar-refractivity contribution in [3.05, 3.63) is 36.5 Å². The van der Waals surface area contributed by atoms with Crippen LogP contribution >= 0.6 is 7.82 Å². The summed E-state index contributed by atoms with van der Waals surface area (Å²) in [6.07, 6.45) is 56.7. The predicted octanol–water partition coefficient (Wildman–Crippen LogP) is 17.6. The normalized spacial score (nSPS) is 13.6. The van der Waals surface area contributed by atoms with Crippen molar-refractivity contribution in [2.75, 3.05) is 26.4 Å². The molecule has 0 aliphatic rings. The van der Waals surface area contributed by atoms with E-state index in [1.165, 1.54) is 128 Å². The molecule has 0 fully saturated rings. The molecule has 0 aliphatic heterocycles. The van der Waals surface area contributed by atoms with Crippen LogP contribution in [0, 0.1) is 0 Å². The summed E-state index contributed by atoms with van der Waals surface area (Å²) < 4.78 is 39.5. The largest absolute Gasteiger partial charge is 0.472 e. The number of carbonyl (C=O) groups is 3. The lowest BCUT2D eigenvalue weighted by atomic mass is 10.1. The first kappa shape index (κ1) is 69.7. The van der Waals surface area contributed by atoms with E-state index in [-0.39, 0.29) is 25.9 Å². The van der Waals surface area contributed by atoms with E-state index in [4.69, 9.17) is 23.3 Å². The maximum atomic E-state index is 12.9. The number of rotatable bonds is 56. The molecule has 3 atom stereocenters. The van der Waals surface area contributed by atoms with Gasteiger partial charge in [0.25, 0.3) is 0 Å². The lowest BCUT2D eigenvalue weighted by molar-refractivity contribution is -0.161. The van der Waals surface area contributed by atoms with Crippen molar-refractivity contribution >= 4 is 25.7 Å². The third kappa shape index (κ3) is 52.6. The van der Waals surface area contributed by atoms with Crippen molar-refractivity contribution < 1.29 is 52.2 Å². The lowest BCUT2D eigenvalue weighted by Gasteiger charge is -2.21. The summed E-state index contributed by atoms with van der Waals surface area (Å²) in [6.45, 7) is 4.64. The lowest BCUT2D eigenvalue weighted by Crippen LogP contribution is -2.30. The molecule has 422 valence electrons. The van der Waals surface area contributed by atoms with Gasteiger partial charge in [0.15, 0.2) is 6.10 Å². The number of unbranched alkanes of at least 4 members (excludes halogenated alkanes) is 33. The second-order valence-corrected chi connectivity index (χ2v) is 21.6. The van der Waals surface area contributed by atoms with E-state index in [0.717, 1.165) is 103 Å². The molecule has 0 saturated heterocycles. The molecule has 0 amide bonds. The molecule has 0 aromatic rings. The fraction of sp³-hybridized carbons (Fsp3) is 0.850. The maximum Gasteiger partial charge on any atom is 0.472 e. The number of aliphatic hydroxyl groups is 1. The van der Waals surface area contributed by atoms with E-state index in [1.54, 1.807) is 0 Å². The van der Waals surface area contributed by atoms with Crippen LogP contribution in [0.15, 0.2) is 36.5 Å². The van der Waals surface area contributed by atoms with Crippen LogP contribution in [0.5, 0.6) is 0 Å². The molecular weight excluding hydrogens is 928 g/mol. The molecule has 0 aromatic heterocycles. The van der Waals surface area contributed by atoms with Gasteiger partial charge in [0.05, 0.1) is 19.8 Å². The van der Waals surface area contributed by atoms with Gasteiger partial charge in [-0.05, 0) is 96.3 Å². The molecule has 0 bridgehead atoms. The minimum atomic E-state index is -4.75. The van der Waals surface area contributed by atoms with Gasteiger partial charge in [0, 0.05) is 19.3 Å². The first-order chi connectivity index (χ1) is 35.2. The minimum Gasteiger partial charge on any atom is -0.462 e. The molecule has 2 N–H and O–H groups in total. The summed E-state index contributed by atoms with van der Waals surface area (Å²) in [6, 6.07) is 0. The van der Waals surface area contributed by atoms with Crippen LogP contribution < -0.4 is 0 Å². The zero-order valence-electron chi connectivity index (χ0n) is 46.7. The summed E-state index contributed by atoms with van der Waals surface area (Å²) in [5.74, 6) is -1.47. The van der Waals surface area contributed by atoms with Crippen LogP contribution in [-0.2, 0) is 42.2 Å². The Kier molecular flexibility index (Phi) is 53.2. The Morgan fingerprint density at radius 1 is 0.375 bits per heavy atom. The van der Waals surface area contributed by atoms with Gasteiger partial charge in [-0.15, -0.1) is 0 Å². The standard InChI is InChI=1S/C60H111O11P/c1-4-7-10-13-16-19-22-25-27-28-30-33-36-39-42-45-48-51-60(64)71-57(53-67-58(62)49-46-43-40-37-34-31-24-21-18-15-12-9-6-3)55-69-72(65,66)68-54-56(52-61)70-59(63)50-47-44-41-38-35-32-29-26-23-20-17-14-11-8-5-2/h21,24-27,29,56-57,61H,4-20,22-23,28,30-55H2,1-3H3,(H,65,66)/b24-21-,27-25-,29-26-. The van der Waals surface area contributed by atoms with E-state index >= 15 is 0 Å². The summed E-state index contributed by atoms with van der Waals surface area (Å²) in [7, 11) is -4.75. The highest BCUT2D eigenvalue weighted by molar-refractivity contribution is 7.47. The van der Waals surface area contributed by atoms with Crippen molar-refractivity contribution in [3.63, 3.8) is 0 Å². The van der Waals surface area contributed by atoms with Gasteiger partial charge in [-0.2, -0.15) is 0 Å². The average molecular weight is 1040 g/mol. The van der Waals surface area contributed by atoms with Crippen LogP contribution in [0.1, 0.15) is 290 Å². The zero-order valence-corrected chi connectivity index (χ0v) is 47.6. The van der Waals surface area contributed by atoms with Crippen LogP contribution in [0.4, 0.5) is 0 Å². The third-order valence-corrected chi connectivity index (χ3v) is 14.0. The molecule has 11 nitrogen and oxygen atoms in total. The van der Waals surface area contributed by atoms with Crippen LogP contribution in [-0.4, -0.2) is 66.5 Å². The third-order valence-electron chi connectivity index (χ3n) is 13.0. The van der Waals surface area contributed by atoms with Gasteiger partial charge in [-0.25, -0.2) is 4.57 Å². The van der Waals surface area contributed by atoms with Crippen molar-refractivity contribution in [1.82, 2.24) is 0 Å². The first-order valence-corrected chi connectivity index (χ1v) is 31.4. The number of hydrogen-bond donors (Lipinski definition) is 2. The Hall–Kier alpha value is -2.30. The number of aliphatic hydroxyl groups excluding tert-OH is 1. The summed E-state index contributed by atoms with van der Waals surface area (Å²) in [5.41, 5.74) is 0. The average Bonchev–Trinajstić information content (AvgIpc) is 3.37. The maximum absolute atomic E-state index is 12.9. The summed E-state index contributed by atoms with van der Waals surface area (Å²) in [5, 5.41) is 9.82. The molecule has 0 saturated carbocycles. The molecular formula is C60H111O11P. The Balaban J connectivity index is 4.70. The number of ether oxygens (including phenoxy) is 3. The van der Waals surface area contributed by atoms with Gasteiger partial charge < -0.3 is 24.2 Å². The van der Waals surface area contributed by atoms with Gasteiger partial charge in [0.1, 0.15) is 12.7 Å². The SMILES string of the molecule is CCCCCC/C=C\CCCCCCCC(=O)OCC(COP(=O)(O)OCC(CO)OC(=O)CCCCCCC/C=C\CCCCCCCC)OC(=O)CCCCCCCCC/C=C\CCCCCCCC. The highest BCUT2D eigenvalue weighted by atomic mass is 31.2. The minimum absolute atomic E-state index is 0.163.